The maximum Gasteiger partial charge on any atom is 0.215 e. The van der Waals surface area contributed by atoms with Gasteiger partial charge in [0.1, 0.15) is 0 Å². The van der Waals surface area contributed by atoms with Crippen molar-refractivity contribution in [3.8, 4) is 0 Å². The fraction of sp³-hybridized carbons (Fsp3) is 0.632. The van der Waals surface area contributed by atoms with Crippen molar-refractivity contribution >= 4 is 33.4 Å². The van der Waals surface area contributed by atoms with Gasteiger partial charge in [0.05, 0.1) is 5.75 Å². The summed E-state index contributed by atoms with van der Waals surface area (Å²) in [4.78, 5) is 6.66. The Morgan fingerprint density at radius 3 is 2.46 bits per heavy atom. The second-order valence-electron chi connectivity index (χ2n) is 7.07. The molecular weight excluding hydrogens is 394 g/mol. The summed E-state index contributed by atoms with van der Waals surface area (Å²) in [7, 11) is -1.46. The Balaban J connectivity index is 1.40. The van der Waals surface area contributed by atoms with Gasteiger partial charge < -0.3 is 15.5 Å². The summed E-state index contributed by atoms with van der Waals surface area (Å²) in [5, 5.41) is 6.61. The van der Waals surface area contributed by atoms with Crippen molar-refractivity contribution < 1.29 is 8.42 Å². The third kappa shape index (κ3) is 6.02. The highest BCUT2D eigenvalue weighted by atomic mass is 32.2. The lowest BCUT2D eigenvalue weighted by atomic mass is 10.0. The SMILES string of the molecule is CN=C(NCCS(=O)(=O)N1CCSCC1)NC1CCN(c2ccccc2)CC1. The number of nitrogens with zero attached hydrogens (tertiary/aromatic N) is 3. The smallest absolute Gasteiger partial charge is 0.215 e. The normalized spacial score (nSPS) is 20.2. The predicted octanol–water partition coefficient (Wildman–Crippen LogP) is 1.20. The Kier molecular flexibility index (Phi) is 7.87. The zero-order chi connectivity index (χ0) is 19.8. The minimum atomic E-state index is -3.19. The van der Waals surface area contributed by atoms with Gasteiger partial charge >= 0.3 is 0 Å². The van der Waals surface area contributed by atoms with Gasteiger partial charge in [0.25, 0.3) is 0 Å². The zero-order valence-electron chi connectivity index (χ0n) is 16.5. The molecule has 2 fully saturated rings. The van der Waals surface area contributed by atoms with Crippen LogP contribution in [0.2, 0.25) is 0 Å². The molecule has 0 aromatic heterocycles. The van der Waals surface area contributed by atoms with Gasteiger partial charge in [0.15, 0.2) is 5.96 Å². The molecule has 0 amide bonds. The van der Waals surface area contributed by atoms with Gasteiger partial charge in [-0.2, -0.15) is 11.8 Å². The van der Waals surface area contributed by atoms with Crippen molar-refractivity contribution in [2.24, 2.45) is 4.99 Å². The van der Waals surface area contributed by atoms with E-state index < -0.39 is 10.0 Å². The maximum absolute atomic E-state index is 12.4. The number of para-hydroxylation sites is 1. The van der Waals surface area contributed by atoms with Crippen LogP contribution in [-0.4, -0.2) is 81.8 Å². The number of aliphatic imine (C=N–C) groups is 1. The molecule has 1 aromatic carbocycles. The van der Waals surface area contributed by atoms with Gasteiger partial charge in [-0.15, -0.1) is 0 Å². The highest BCUT2D eigenvalue weighted by molar-refractivity contribution is 7.99. The molecule has 3 rings (SSSR count). The van der Waals surface area contributed by atoms with E-state index >= 15 is 0 Å². The fourth-order valence-electron chi connectivity index (χ4n) is 3.56. The number of anilines is 1. The van der Waals surface area contributed by atoms with Crippen LogP contribution >= 0.6 is 11.8 Å². The van der Waals surface area contributed by atoms with E-state index in [1.54, 1.807) is 11.4 Å². The van der Waals surface area contributed by atoms with Gasteiger partial charge in [-0.05, 0) is 25.0 Å². The van der Waals surface area contributed by atoms with Crippen molar-refractivity contribution in [2.45, 2.75) is 18.9 Å². The molecule has 28 heavy (non-hydrogen) atoms. The first-order chi connectivity index (χ1) is 13.6. The molecule has 1 aromatic rings. The molecule has 0 radical (unpaired) electrons. The Bertz CT molecular complexity index is 728. The van der Waals surface area contributed by atoms with Gasteiger partial charge in [-0.1, -0.05) is 18.2 Å². The monoisotopic (exact) mass is 425 g/mol. The molecule has 2 aliphatic heterocycles. The molecule has 2 heterocycles. The number of benzene rings is 1. The number of rotatable bonds is 6. The molecule has 0 aliphatic carbocycles. The first kappa shape index (κ1) is 21.3. The van der Waals surface area contributed by atoms with Gasteiger partial charge in [-0.3, -0.25) is 4.99 Å². The molecule has 2 N–H and O–H groups in total. The summed E-state index contributed by atoms with van der Waals surface area (Å²) in [6, 6.07) is 10.8. The number of nitrogens with one attached hydrogen (secondary N) is 2. The van der Waals surface area contributed by atoms with E-state index in [2.05, 4.69) is 44.8 Å². The van der Waals surface area contributed by atoms with Crippen LogP contribution < -0.4 is 15.5 Å². The highest BCUT2D eigenvalue weighted by Gasteiger charge is 2.24. The van der Waals surface area contributed by atoms with E-state index in [9.17, 15) is 8.42 Å². The Morgan fingerprint density at radius 2 is 1.82 bits per heavy atom. The summed E-state index contributed by atoms with van der Waals surface area (Å²) in [6.45, 7) is 3.62. The molecule has 156 valence electrons. The van der Waals surface area contributed by atoms with Crippen LogP contribution in [0, 0.1) is 0 Å². The van der Waals surface area contributed by atoms with E-state index in [0.29, 0.717) is 31.6 Å². The van der Waals surface area contributed by atoms with Crippen LogP contribution in [-0.2, 0) is 10.0 Å². The van der Waals surface area contributed by atoms with E-state index in [4.69, 9.17) is 0 Å². The first-order valence-corrected chi connectivity index (χ1v) is 12.7. The molecule has 0 bridgehead atoms. The zero-order valence-corrected chi connectivity index (χ0v) is 18.1. The summed E-state index contributed by atoms with van der Waals surface area (Å²) in [5.74, 6) is 2.56. The summed E-state index contributed by atoms with van der Waals surface area (Å²) in [6.07, 6.45) is 2.05. The lowest BCUT2D eigenvalue weighted by molar-refractivity contribution is 0.442. The van der Waals surface area contributed by atoms with Crippen molar-refractivity contribution in [1.29, 1.82) is 0 Å². The molecule has 2 aliphatic rings. The van der Waals surface area contributed by atoms with Gasteiger partial charge in [0.2, 0.25) is 10.0 Å². The first-order valence-electron chi connectivity index (χ1n) is 9.91. The third-order valence-corrected chi connectivity index (χ3v) is 8.01. The molecule has 7 nitrogen and oxygen atoms in total. The van der Waals surface area contributed by atoms with Crippen LogP contribution in [0.15, 0.2) is 35.3 Å². The average molecular weight is 426 g/mol. The number of hydrogen-bond donors (Lipinski definition) is 2. The van der Waals surface area contributed by atoms with Crippen LogP contribution in [0.1, 0.15) is 12.8 Å². The van der Waals surface area contributed by atoms with Gasteiger partial charge in [0, 0.05) is 63.0 Å². The second-order valence-corrected chi connectivity index (χ2v) is 10.4. The Labute approximate surface area is 173 Å². The minimum absolute atomic E-state index is 0.102. The van der Waals surface area contributed by atoms with E-state index in [0.717, 1.165) is 37.4 Å². The molecule has 0 unspecified atom stereocenters. The largest absolute Gasteiger partial charge is 0.371 e. The number of piperidine rings is 1. The lowest BCUT2D eigenvalue weighted by Gasteiger charge is -2.34. The summed E-state index contributed by atoms with van der Waals surface area (Å²) < 4.78 is 26.5. The molecule has 0 saturated carbocycles. The van der Waals surface area contributed by atoms with Crippen molar-refractivity contribution in [2.75, 3.05) is 61.9 Å². The number of hydrogen-bond acceptors (Lipinski definition) is 5. The molecule has 9 heteroatoms. The topological polar surface area (TPSA) is 77.0 Å². The van der Waals surface area contributed by atoms with E-state index in [1.807, 2.05) is 17.8 Å². The molecule has 0 spiro atoms. The maximum atomic E-state index is 12.4. The number of guanidine groups is 1. The van der Waals surface area contributed by atoms with E-state index in [-0.39, 0.29) is 5.75 Å². The fourth-order valence-corrected chi connectivity index (χ4v) is 6.05. The standard InChI is InChI=1S/C19H31N5O2S2/c1-20-19(21-9-16-28(25,26)24-12-14-27-15-13-24)22-17-7-10-23(11-8-17)18-5-3-2-4-6-18/h2-6,17H,7-16H2,1H3,(H2,20,21,22). The van der Waals surface area contributed by atoms with Crippen LogP contribution in [0.3, 0.4) is 0 Å². The molecule has 0 atom stereocenters. The molecular formula is C19H31N5O2S2. The third-order valence-electron chi connectivity index (χ3n) is 5.20. The van der Waals surface area contributed by atoms with Gasteiger partial charge in [-0.25, -0.2) is 12.7 Å². The summed E-state index contributed by atoms with van der Waals surface area (Å²) in [5.41, 5.74) is 1.27. The van der Waals surface area contributed by atoms with Crippen molar-refractivity contribution in [1.82, 2.24) is 14.9 Å². The second kappa shape index (κ2) is 10.4. The lowest BCUT2D eigenvalue weighted by Crippen LogP contribution is -2.50. The van der Waals surface area contributed by atoms with Crippen molar-refractivity contribution in [3.63, 3.8) is 0 Å². The molecule has 2 saturated heterocycles. The Hall–Kier alpha value is -1.45. The number of thioether (sulfide) groups is 1. The van der Waals surface area contributed by atoms with E-state index in [1.165, 1.54) is 5.69 Å². The minimum Gasteiger partial charge on any atom is -0.371 e. The quantitative estimate of drug-likeness (QED) is 0.527. The summed E-state index contributed by atoms with van der Waals surface area (Å²) >= 11 is 1.81. The number of sulfonamides is 1. The predicted molar refractivity (Wildman–Crippen MR) is 119 cm³/mol. The van der Waals surface area contributed by atoms with Crippen LogP contribution in [0.4, 0.5) is 5.69 Å². The average Bonchev–Trinajstić information content (AvgIpc) is 2.74. The van der Waals surface area contributed by atoms with Crippen molar-refractivity contribution in [3.05, 3.63) is 30.3 Å². The van der Waals surface area contributed by atoms with Crippen LogP contribution in [0.5, 0.6) is 0 Å². The van der Waals surface area contributed by atoms with Crippen LogP contribution in [0.25, 0.3) is 0 Å². The Morgan fingerprint density at radius 1 is 1.14 bits per heavy atom. The highest BCUT2D eigenvalue weighted by Crippen LogP contribution is 2.19.